The lowest BCUT2D eigenvalue weighted by atomic mass is 10.1. The van der Waals surface area contributed by atoms with Gasteiger partial charge in [0.1, 0.15) is 17.3 Å². The van der Waals surface area contributed by atoms with Crippen molar-refractivity contribution in [2.45, 2.75) is 26.9 Å². The van der Waals surface area contributed by atoms with Crippen LogP contribution in [-0.4, -0.2) is 25.5 Å². The second-order valence-electron chi connectivity index (χ2n) is 7.66. The van der Waals surface area contributed by atoms with Crippen LogP contribution >= 0.6 is 0 Å². The second-order valence-corrected chi connectivity index (χ2v) is 7.66. The van der Waals surface area contributed by atoms with Crippen LogP contribution < -0.4 is 5.32 Å². The molecule has 2 heterocycles. The van der Waals surface area contributed by atoms with Gasteiger partial charge in [-0.3, -0.25) is 14.2 Å². The number of aryl methyl sites for hydroxylation is 2. The lowest BCUT2D eigenvalue weighted by molar-refractivity contribution is 0.0951. The molecular formula is C24H23F2N5O. The maximum absolute atomic E-state index is 14.3. The molecule has 0 bridgehead atoms. The fraction of sp³-hybridized carbons (Fsp3) is 0.208. The minimum atomic E-state index is -0.772. The highest BCUT2D eigenvalue weighted by Crippen LogP contribution is 2.25. The van der Waals surface area contributed by atoms with Gasteiger partial charge < -0.3 is 5.32 Å². The van der Waals surface area contributed by atoms with Crippen LogP contribution in [0.2, 0.25) is 0 Å². The summed E-state index contributed by atoms with van der Waals surface area (Å²) in [5, 5.41) is 11.7. The molecule has 0 unspecified atom stereocenters. The molecule has 0 atom stereocenters. The number of benzene rings is 2. The highest BCUT2D eigenvalue weighted by Gasteiger charge is 2.21. The van der Waals surface area contributed by atoms with Crippen LogP contribution in [0, 0.1) is 25.5 Å². The van der Waals surface area contributed by atoms with Gasteiger partial charge in [-0.05, 0) is 31.5 Å². The van der Waals surface area contributed by atoms with Crippen molar-refractivity contribution in [2.75, 3.05) is 0 Å². The van der Waals surface area contributed by atoms with Crippen LogP contribution in [-0.2, 0) is 20.1 Å². The third kappa shape index (κ3) is 4.30. The van der Waals surface area contributed by atoms with Gasteiger partial charge in [0.2, 0.25) is 0 Å². The van der Waals surface area contributed by atoms with Gasteiger partial charge in [-0.15, -0.1) is 0 Å². The number of hydrogen-bond acceptors (Lipinski definition) is 3. The Morgan fingerprint density at radius 2 is 1.81 bits per heavy atom. The van der Waals surface area contributed by atoms with Crippen LogP contribution in [0.3, 0.4) is 0 Å². The number of amides is 1. The summed E-state index contributed by atoms with van der Waals surface area (Å²) in [4.78, 5) is 12.9. The van der Waals surface area contributed by atoms with E-state index in [1.807, 2.05) is 48.9 Å². The van der Waals surface area contributed by atoms with Crippen molar-refractivity contribution in [1.29, 1.82) is 0 Å². The molecule has 164 valence electrons. The van der Waals surface area contributed by atoms with Gasteiger partial charge in [-0.25, -0.2) is 8.78 Å². The summed E-state index contributed by atoms with van der Waals surface area (Å²) in [5.41, 5.74) is 4.29. The Morgan fingerprint density at radius 1 is 1.06 bits per heavy atom. The Balaban J connectivity index is 1.54. The maximum Gasteiger partial charge on any atom is 0.255 e. The summed E-state index contributed by atoms with van der Waals surface area (Å²) >= 11 is 0. The molecule has 0 aliphatic carbocycles. The molecule has 0 spiro atoms. The molecule has 0 radical (unpaired) electrons. The number of carbonyl (C=O) groups excluding carboxylic acids is 1. The zero-order valence-corrected chi connectivity index (χ0v) is 18.1. The number of hydrogen-bond donors (Lipinski definition) is 1. The lowest BCUT2D eigenvalue weighted by Gasteiger charge is -2.08. The summed E-state index contributed by atoms with van der Waals surface area (Å²) in [6.45, 7) is 4.77. The van der Waals surface area contributed by atoms with E-state index in [1.165, 1.54) is 16.9 Å². The molecule has 6 nitrogen and oxygen atoms in total. The molecule has 0 fully saturated rings. The third-order valence-corrected chi connectivity index (χ3v) is 5.39. The summed E-state index contributed by atoms with van der Waals surface area (Å²) < 4.78 is 30.9. The van der Waals surface area contributed by atoms with Gasteiger partial charge in [0, 0.05) is 42.7 Å². The molecule has 0 aliphatic rings. The Labute approximate surface area is 184 Å². The number of carbonyl (C=O) groups is 1. The number of nitrogens with one attached hydrogen (secondary N) is 1. The van der Waals surface area contributed by atoms with E-state index in [-0.39, 0.29) is 23.4 Å². The summed E-state index contributed by atoms with van der Waals surface area (Å²) in [5.74, 6) is -1.86. The molecule has 4 rings (SSSR count). The first kappa shape index (κ1) is 21.4. The van der Waals surface area contributed by atoms with E-state index >= 15 is 0 Å². The van der Waals surface area contributed by atoms with Crippen molar-refractivity contribution in [3.63, 3.8) is 0 Å². The van der Waals surface area contributed by atoms with E-state index in [0.29, 0.717) is 6.54 Å². The zero-order valence-electron chi connectivity index (χ0n) is 18.1. The summed E-state index contributed by atoms with van der Waals surface area (Å²) in [6, 6.07) is 13.2. The van der Waals surface area contributed by atoms with Crippen molar-refractivity contribution in [3.05, 3.63) is 94.4 Å². The van der Waals surface area contributed by atoms with Crippen LogP contribution in [0.1, 0.15) is 32.9 Å². The fourth-order valence-corrected chi connectivity index (χ4v) is 3.70. The molecule has 1 amide bonds. The monoisotopic (exact) mass is 435 g/mol. The number of aromatic nitrogens is 4. The normalized spacial score (nSPS) is 11.0. The zero-order chi connectivity index (χ0) is 22.8. The molecule has 1 N–H and O–H groups in total. The van der Waals surface area contributed by atoms with Crippen molar-refractivity contribution in [2.24, 2.45) is 7.05 Å². The number of halogens is 2. The second kappa shape index (κ2) is 8.74. The van der Waals surface area contributed by atoms with Crippen molar-refractivity contribution >= 4 is 5.91 Å². The van der Waals surface area contributed by atoms with E-state index < -0.39 is 17.5 Å². The van der Waals surface area contributed by atoms with Crippen LogP contribution in [0.15, 0.2) is 54.7 Å². The van der Waals surface area contributed by atoms with Gasteiger partial charge in [0.25, 0.3) is 5.91 Å². The largest absolute Gasteiger partial charge is 0.348 e. The first-order chi connectivity index (χ1) is 15.3. The number of nitrogens with zero attached hydrogens (tertiary/aromatic N) is 4. The highest BCUT2D eigenvalue weighted by atomic mass is 19.1. The Hall–Kier alpha value is -3.81. The quantitative estimate of drug-likeness (QED) is 0.495. The molecule has 8 heteroatoms. The van der Waals surface area contributed by atoms with Gasteiger partial charge >= 0.3 is 0 Å². The van der Waals surface area contributed by atoms with Crippen molar-refractivity contribution in [1.82, 2.24) is 24.9 Å². The van der Waals surface area contributed by atoms with E-state index in [4.69, 9.17) is 0 Å². The van der Waals surface area contributed by atoms with Crippen LogP contribution in [0.5, 0.6) is 0 Å². The Morgan fingerprint density at radius 3 is 2.53 bits per heavy atom. The topological polar surface area (TPSA) is 64.7 Å². The SMILES string of the molecule is Cc1nn(Cc2ccccc2)c(C)c1CNC(=O)c1cn(C)nc1-c1ccc(F)cc1F. The Kier molecular flexibility index (Phi) is 5.85. The Bertz CT molecular complexity index is 1280. The first-order valence-electron chi connectivity index (χ1n) is 10.2. The average molecular weight is 435 g/mol. The minimum absolute atomic E-state index is 0.0696. The average Bonchev–Trinajstić information content (AvgIpc) is 3.26. The van der Waals surface area contributed by atoms with Gasteiger partial charge in [0.05, 0.1) is 17.8 Å². The van der Waals surface area contributed by atoms with E-state index in [0.717, 1.165) is 34.6 Å². The summed E-state index contributed by atoms with van der Waals surface area (Å²) in [6.07, 6.45) is 1.52. The number of rotatable bonds is 6. The minimum Gasteiger partial charge on any atom is -0.348 e. The maximum atomic E-state index is 14.3. The molecular weight excluding hydrogens is 412 g/mol. The smallest absolute Gasteiger partial charge is 0.255 e. The molecule has 0 saturated heterocycles. The predicted molar refractivity (Wildman–Crippen MR) is 117 cm³/mol. The van der Waals surface area contributed by atoms with Gasteiger partial charge in [0.15, 0.2) is 0 Å². The first-order valence-corrected chi connectivity index (χ1v) is 10.2. The van der Waals surface area contributed by atoms with Crippen LogP contribution in [0.25, 0.3) is 11.3 Å². The summed E-state index contributed by atoms with van der Waals surface area (Å²) in [7, 11) is 1.64. The standard InChI is InChI=1S/C24H23F2N5O/c1-15-20(16(2)31(28-15)13-17-7-5-4-6-8-17)12-27-24(32)21-14-30(3)29-23(21)19-10-9-18(25)11-22(19)26/h4-11,14H,12-13H2,1-3H3,(H,27,32). The fourth-order valence-electron chi connectivity index (χ4n) is 3.70. The molecule has 32 heavy (non-hydrogen) atoms. The van der Waals surface area contributed by atoms with E-state index in [9.17, 15) is 13.6 Å². The van der Waals surface area contributed by atoms with Crippen molar-refractivity contribution in [3.8, 4) is 11.3 Å². The highest BCUT2D eigenvalue weighted by molar-refractivity contribution is 5.99. The predicted octanol–water partition coefficient (Wildman–Crippen LogP) is 4.16. The van der Waals surface area contributed by atoms with E-state index in [2.05, 4.69) is 15.5 Å². The molecule has 0 saturated carbocycles. The molecule has 0 aliphatic heterocycles. The van der Waals surface area contributed by atoms with Gasteiger partial charge in [-0.2, -0.15) is 10.2 Å². The van der Waals surface area contributed by atoms with Crippen LogP contribution in [0.4, 0.5) is 8.78 Å². The molecule has 4 aromatic rings. The van der Waals surface area contributed by atoms with Crippen molar-refractivity contribution < 1.29 is 13.6 Å². The molecule has 2 aromatic heterocycles. The van der Waals surface area contributed by atoms with Gasteiger partial charge in [-0.1, -0.05) is 30.3 Å². The van der Waals surface area contributed by atoms with E-state index in [1.54, 1.807) is 7.05 Å². The molecule has 2 aromatic carbocycles. The third-order valence-electron chi connectivity index (χ3n) is 5.39. The lowest BCUT2D eigenvalue weighted by Crippen LogP contribution is -2.23.